The molecule has 7 nitrogen and oxygen atoms in total. The number of hydrogen-bond donors (Lipinski definition) is 0. The summed E-state index contributed by atoms with van der Waals surface area (Å²) in [6.07, 6.45) is 5.05. The summed E-state index contributed by atoms with van der Waals surface area (Å²) < 4.78 is 33.8. The molecule has 266 valence electrons. The van der Waals surface area contributed by atoms with Crippen LogP contribution in [0.5, 0.6) is 0 Å². The Bertz CT molecular complexity index is 675. The zero-order valence-corrected chi connectivity index (χ0v) is 38.2. The topological polar surface area (TPSA) is 58.6 Å². The molecule has 0 radical (unpaired) electrons. The van der Waals surface area contributed by atoms with Crippen molar-refractivity contribution in [1.82, 2.24) is 4.90 Å². The highest BCUT2D eigenvalue weighted by atomic mass is 28.4. The predicted molar refractivity (Wildman–Crippen MR) is 208 cm³/mol. The molecule has 0 saturated heterocycles. The lowest BCUT2D eigenvalue weighted by molar-refractivity contribution is 0.123. The van der Waals surface area contributed by atoms with Gasteiger partial charge in [-0.1, -0.05) is 114 Å². The van der Waals surface area contributed by atoms with Crippen LogP contribution in [0.15, 0.2) is 0 Å². The lowest BCUT2D eigenvalue weighted by Crippen LogP contribution is -2.43. The molecule has 0 rings (SSSR count). The third-order valence-electron chi connectivity index (χ3n) is 10.3. The second kappa shape index (κ2) is 21.2. The van der Waals surface area contributed by atoms with E-state index in [0.717, 1.165) is 24.9 Å². The molecule has 0 bridgehead atoms. The lowest BCUT2D eigenvalue weighted by Gasteiger charge is -2.31. The molecule has 0 aliphatic carbocycles. The van der Waals surface area contributed by atoms with Crippen molar-refractivity contribution in [3.63, 3.8) is 0 Å². The fourth-order valence-corrected chi connectivity index (χ4v) is 26.8. The summed E-state index contributed by atoms with van der Waals surface area (Å²) in [7, 11) is 3.10. The van der Waals surface area contributed by atoms with Crippen LogP contribution >= 0.6 is 0 Å². The van der Waals surface area contributed by atoms with Crippen molar-refractivity contribution in [1.29, 1.82) is 0 Å². The summed E-state index contributed by atoms with van der Waals surface area (Å²) >= 11 is 0. The SMILES string of the molecule is CO[Si](CCC[Si](C)(C)CC[Si](C)(C)CCCN(C)CCC[Si](C)(C)CC[Si](C)(C)CCC[Si](OC)(OC)OC)(OC)OC. The summed E-state index contributed by atoms with van der Waals surface area (Å²) in [5.74, 6) is 0. The fourth-order valence-electron chi connectivity index (χ4n) is 6.30. The number of hydrogen-bond acceptors (Lipinski definition) is 7. The maximum atomic E-state index is 5.63. The molecule has 0 aliphatic heterocycles. The fraction of sp³-hybridized carbons (Fsp3) is 1.00. The van der Waals surface area contributed by atoms with Crippen LogP contribution in [0, 0.1) is 0 Å². The highest BCUT2D eigenvalue weighted by Crippen LogP contribution is 2.31. The average Bonchev–Trinajstić information content (AvgIpc) is 2.96. The van der Waals surface area contributed by atoms with Crippen molar-refractivity contribution in [2.75, 3.05) is 62.8 Å². The molecule has 0 spiro atoms. The first-order valence-corrected chi connectivity index (χ1v) is 34.8. The predicted octanol–water partition coefficient (Wildman–Crippen LogP) is 9.07. The first kappa shape index (κ1) is 45.0. The van der Waals surface area contributed by atoms with Gasteiger partial charge in [-0.3, -0.25) is 0 Å². The van der Waals surface area contributed by atoms with Crippen LogP contribution in [0.1, 0.15) is 25.7 Å². The smallest absolute Gasteiger partial charge is 0.377 e. The lowest BCUT2D eigenvalue weighted by atomic mass is 10.4. The molecule has 0 N–H and O–H groups in total. The molecule has 0 heterocycles. The Kier molecular flexibility index (Phi) is 21.7. The van der Waals surface area contributed by atoms with Gasteiger partial charge in [-0.25, -0.2) is 0 Å². The van der Waals surface area contributed by atoms with Gasteiger partial charge in [0.15, 0.2) is 0 Å². The van der Waals surface area contributed by atoms with Crippen molar-refractivity contribution < 1.29 is 26.6 Å². The van der Waals surface area contributed by atoms with Crippen molar-refractivity contribution in [3.05, 3.63) is 0 Å². The Balaban J connectivity index is 4.37. The van der Waals surface area contributed by atoms with Crippen LogP contribution in [0.3, 0.4) is 0 Å². The summed E-state index contributed by atoms with van der Waals surface area (Å²) in [5.41, 5.74) is 0. The van der Waals surface area contributed by atoms with Gasteiger partial charge in [0, 0.05) is 87.0 Å². The molecule has 44 heavy (non-hydrogen) atoms. The van der Waals surface area contributed by atoms with Gasteiger partial charge in [0.05, 0.1) is 0 Å². The molecule has 0 aliphatic rings. The largest absolute Gasteiger partial charge is 0.500 e. The summed E-state index contributed by atoms with van der Waals surface area (Å²) in [4.78, 5) is 2.61. The molecule has 0 atom stereocenters. The van der Waals surface area contributed by atoms with E-state index in [1.807, 2.05) is 0 Å². The van der Waals surface area contributed by atoms with Crippen molar-refractivity contribution in [2.24, 2.45) is 0 Å². The van der Waals surface area contributed by atoms with Crippen LogP contribution in [0.25, 0.3) is 0 Å². The minimum atomic E-state index is -2.43. The van der Waals surface area contributed by atoms with E-state index < -0.39 is 49.9 Å². The summed E-state index contributed by atoms with van der Waals surface area (Å²) in [5, 5.41) is 0. The van der Waals surface area contributed by atoms with E-state index in [9.17, 15) is 0 Å². The van der Waals surface area contributed by atoms with Gasteiger partial charge in [0.2, 0.25) is 0 Å². The van der Waals surface area contributed by atoms with Crippen LogP contribution < -0.4 is 0 Å². The van der Waals surface area contributed by atoms with Gasteiger partial charge >= 0.3 is 17.6 Å². The van der Waals surface area contributed by atoms with E-state index in [0.29, 0.717) is 0 Å². The second-order valence-electron chi connectivity index (χ2n) is 16.5. The molecule has 0 aromatic heterocycles. The van der Waals surface area contributed by atoms with Crippen molar-refractivity contribution in [3.8, 4) is 0 Å². The van der Waals surface area contributed by atoms with Gasteiger partial charge in [-0.05, 0) is 33.0 Å². The van der Waals surface area contributed by atoms with Gasteiger partial charge in [-0.2, -0.15) is 0 Å². The van der Waals surface area contributed by atoms with Gasteiger partial charge in [0.1, 0.15) is 0 Å². The standard InChI is InChI=1S/C31H77NO6Si6/c1-32(20-16-22-39(8,9)28-30-41(12,13)24-18-26-43(33-2,34-3)35-4)21-17-23-40(10,11)29-31-42(14,15)25-19-27-44(36-5,37-6)38-7/h16-31H2,1-15H3. The van der Waals surface area contributed by atoms with Gasteiger partial charge in [0.25, 0.3) is 0 Å². The summed E-state index contributed by atoms with van der Waals surface area (Å²) in [6.45, 7) is 23.3. The molecular formula is C31H77NO6Si6. The Morgan fingerprint density at radius 2 is 0.568 bits per heavy atom. The van der Waals surface area contributed by atoms with E-state index in [-0.39, 0.29) is 0 Å². The van der Waals surface area contributed by atoms with Gasteiger partial charge in [-0.15, -0.1) is 0 Å². The van der Waals surface area contributed by atoms with Crippen LogP contribution in [0.2, 0.25) is 113 Å². The Labute approximate surface area is 281 Å². The van der Waals surface area contributed by atoms with E-state index in [4.69, 9.17) is 26.6 Å². The molecule has 0 fully saturated rings. The monoisotopic (exact) mass is 727 g/mol. The highest BCUT2D eigenvalue weighted by molar-refractivity contribution is 6.83. The molecule has 0 unspecified atom stereocenters. The molecule has 0 aromatic carbocycles. The normalized spacial score (nSPS) is 14.2. The summed E-state index contributed by atoms with van der Waals surface area (Å²) in [6, 6.07) is 13.3. The minimum absolute atomic E-state index is 0.932. The van der Waals surface area contributed by atoms with E-state index in [1.165, 1.54) is 74.3 Å². The third kappa shape index (κ3) is 19.1. The van der Waals surface area contributed by atoms with E-state index in [2.05, 4.69) is 64.3 Å². The first-order chi connectivity index (χ1) is 20.3. The van der Waals surface area contributed by atoms with E-state index >= 15 is 0 Å². The maximum Gasteiger partial charge on any atom is 0.500 e. The van der Waals surface area contributed by atoms with Gasteiger partial charge < -0.3 is 31.5 Å². The first-order valence-electron chi connectivity index (χ1n) is 17.3. The second-order valence-corrected chi connectivity index (χ2v) is 44.0. The molecule has 13 heteroatoms. The molecule has 0 saturated carbocycles. The number of rotatable bonds is 28. The highest BCUT2D eigenvalue weighted by Gasteiger charge is 2.39. The van der Waals surface area contributed by atoms with Crippen LogP contribution in [-0.2, 0) is 26.6 Å². The van der Waals surface area contributed by atoms with Crippen molar-refractivity contribution >= 4 is 49.9 Å². The van der Waals surface area contributed by atoms with Crippen LogP contribution in [0.4, 0.5) is 0 Å². The molecule has 0 amide bonds. The molecule has 0 aromatic rings. The zero-order valence-electron chi connectivity index (χ0n) is 32.2. The van der Waals surface area contributed by atoms with Crippen LogP contribution in [-0.4, -0.2) is 118 Å². The maximum absolute atomic E-state index is 5.63. The average molecular weight is 728 g/mol. The Hall–Kier alpha value is 1.02. The van der Waals surface area contributed by atoms with Crippen molar-refractivity contribution in [2.45, 2.75) is 139 Å². The Morgan fingerprint density at radius 1 is 0.341 bits per heavy atom. The van der Waals surface area contributed by atoms with E-state index in [1.54, 1.807) is 42.7 Å². The zero-order chi connectivity index (χ0) is 34.1. The quantitative estimate of drug-likeness (QED) is 0.0746. The molecular weight excluding hydrogens is 651 g/mol. The number of nitrogens with zero attached hydrogens (tertiary/aromatic N) is 1. The minimum Gasteiger partial charge on any atom is -0.377 e. The third-order valence-corrected chi connectivity index (χ3v) is 30.2. The Morgan fingerprint density at radius 3 is 0.795 bits per heavy atom.